The van der Waals surface area contributed by atoms with Gasteiger partial charge < -0.3 is 10.6 Å². The maximum Gasteiger partial charge on any atom is 0.224 e. The van der Waals surface area contributed by atoms with Crippen LogP contribution in [0, 0.1) is 6.92 Å². The molecule has 0 aliphatic heterocycles. The molecule has 0 saturated heterocycles. The molecule has 2 rings (SSSR count). The van der Waals surface area contributed by atoms with Gasteiger partial charge in [-0.25, -0.2) is 4.98 Å². The van der Waals surface area contributed by atoms with Crippen LogP contribution in [0.15, 0.2) is 24.4 Å². The Morgan fingerprint density at radius 2 is 1.89 bits per heavy atom. The Balaban J connectivity index is 2.35. The van der Waals surface area contributed by atoms with Gasteiger partial charge in [0.05, 0.1) is 15.7 Å². The number of hydrogen-bond donors (Lipinski definition) is 2. The van der Waals surface area contributed by atoms with Gasteiger partial charge in [0.15, 0.2) is 0 Å². The van der Waals surface area contributed by atoms with Crippen LogP contribution in [-0.2, 0) is 0 Å². The third kappa shape index (κ3) is 3.28. The number of anilines is 3. The maximum atomic E-state index is 6.13. The van der Waals surface area contributed by atoms with E-state index in [-0.39, 0.29) is 0 Å². The average molecular weight is 297 g/mol. The van der Waals surface area contributed by atoms with Gasteiger partial charge in [0.25, 0.3) is 0 Å². The van der Waals surface area contributed by atoms with Crippen molar-refractivity contribution >= 4 is 40.7 Å². The van der Waals surface area contributed by atoms with Gasteiger partial charge in [0, 0.05) is 18.3 Å². The predicted octanol–water partition coefficient (Wildman–Crippen LogP) is 4.27. The van der Waals surface area contributed by atoms with Crippen molar-refractivity contribution in [1.29, 1.82) is 0 Å². The van der Waals surface area contributed by atoms with Crippen molar-refractivity contribution in [2.24, 2.45) is 0 Å². The number of benzene rings is 1. The molecule has 0 bridgehead atoms. The summed E-state index contributed by atoms with van der Waals surface area (Å²) in [6, 6.07) is 5.35. The summed E-state index contributed by atoms with van der Waals surface area (Å²) in [5.41, 5.74) is 1.56. The highest BCUT2D eigenvalue weighted by Crippen LogP contribution is 2.32. The van der Waals surface area contributed by atoms with Crippen LogP contribution in [0.3, 0.4) is 0 Å². The summed E-state index contributed by atoms with van der Waals surface area (Å²) < 4.78 is 0. The highest BCUT2D eigenvalue weighted by Gasteiger charge is 2.09. The first-order valence-corrected chi connectivity index (χ1v) is 6.66. The molecule has 4 nitrogen and oxygen atoms in total. The van der Waals surface area contributed by atoms with E-state index in [0.717, 1.165) is 12.1 Å². The van der Waals surface area contributed by atoms with E-state index in [9.17, 15) is 0 Å². The van der Waals surface area contributed by atoms with Gasteiger partial charge in [-0.15, -0.1) is 0 Å². The summed E-state index contributed by atoms with van der Waals surface area (Å²) in [4.78, 5) is 8.58. The lowest BCUT2D eigenvalue weighted by Crippen LogP contribution is -2.05. The summed E-state index contributed by atoms with van der Waals surface area (Å²) >= 11 is 12.3. The average Bonchev–Trinajstić information content (AvgIpc) is 2.38. The number of hydrogen-bond acceptors (Lipinski definition) is 4. The molecule has 1 aromatic carbocycles. The second kappa shape index (κ2) is 6.08. The Morgan fingerprint density at radius 3 is 2.53 bits per heavy atom. The first-order valence-electron chi connectivity index (χ1n) is 5.90. The van der Waals surface area contributed by atoms with E-state index in [1.807, 2.05) is 13.8 Å². The molecule has 19 heavy (non-hydrogen) atoms. The number of aromatic nitrogens is 2. The molecular formula is C13H14Cl2N4. The third-order valence-electron chi connectivity index (χ3n) is 2.51. The van der Waals surface area contributed by atoms with Gasteiger partial charge in [-0.1, -0.05) is 29.3 Å². The van der Waals surface area contributed by atoms with Crippen LogP contribution in [0.25, 0.3) is 0 Å². The Morgan fingerprint density at radius 1 is 1.21 bits per heavy atom. The molecule has 2 aromatic rings. The first kappa shape index (κ1) is 13.9. The van der Waals surface area contributed by atoms with E-state index in [2.05, 4.69) is 20.6 Å². The Bertz CT molecular complexity index is 567. The number of aryl methyl sites for hydroxylation is 1. The van der Waals surface area contributed by atoms with E-state index < -0.39 is 0 Å². The number of halogens is 2. The van der Waals surface area contributed by atoms with Gasteiger partial charge in [-0.05, 0) is 26.0 Å². The fraction of sp³-hybridized carbons (Fsp3) is 0.231. The van der Waals surface area contributed by atoms with Crippen LogP contribution in [0.5, 0.6) is 0 Å². The van der Waals surface area contributed by atoms with Crippen LogP contribution >= 0.6 is 23.2 Å². The quantitative estimate of drug-likeness (QED) is 0.885. The molecule has 1 aromatic heterocycles. The minimum Gasteiger partial charge on any atom is -0.354 e. The summed E-state index contributed by atoms with van der Waals surface area (Å²) in [6.07, 6.45) is 1.75. The van der Waals surface area contributed by atoms with Crippen molar-refractivity contribution in [3.05, 3.63) is 40.0 Å². The maximum absolute atomic E-state index is 6.13. The molecule has 0 aliphatic carbocycles. The normalized spacial score (nSPS) is 10.3. The predicted molar refractivity (Wildman–Crippen MR) is 80.7 cm³/mol. The van der Waals surface area contributed by atoms with E-state index >= 15 is 0 Å². The van der Waals surface area contributed by atoms with Gasteiger partial charge in [0.2, 0.25) is 5.95 Å². The summed E-state index contributed by atoms with van der Waals surface area (Å²) in [7, 11) is 0. The summed E-state index contributed by atoms with van der Waals surface area (Å²) in [5, 5.41) is 7.32. The molecule has 100 valence electrons. The number of nitrogens with zero attached hydrogens (tertiary/aromatic N) is 2. The third-order valence-corrected chi connectivity index (χ3v) is 3.14. The van der Waals surface area contributed by atoms with Gasteiger partial charge in [0.1, 0.15) is 5.82 Å². The zero-order valence-corrected chi connectivity index (χ0v) is 12.2. The molecule has 0 saturated carbocycles. The second-order valence-corrected chi connectivity index (χ2v) is 4.79. The van der Waals surface area contributed by atoms with Crippen LogP contribution in [-0.4, -0.2) is 16.5 Å². The Kier molecular flexibility index (Phi) is 4.45. The van der Waals surface area contributed by atoms with Crippen LogP contribution in [0.1, 0.15) is 12.5 Å². The topological polar surface area (TPSA) is 49.8 Å². The standard InChI is InChI=1S/C13H14Cl2N4/c1-3-16-13-17-7-8(2)12(19-13)18-11-9(14)5-4-6-10(11)15/h4-7H,3H2,1-2H3,(H2,16,17,18,19). The Labute approximate surface area is 122 Å². The molecule has 1 heterocycles. The van der Waals surface area contributed by atoms with E-state index in [1.165, 1.54) is 0 Å². The molecule has 0 spiro atoms. The molecular weight excluding hydrogens is 283 g/mol. The van der Waals surface area contributed by atoms with Crippen molar-refractivity contribution in [3.8, 4) is 0 Å². The van der Waals surface area contributed by atoms with E-state index in [0.29, 0.717) is 27.5 Å². The number of rotatable bonds is 4. The number of nitrogens with one attached hydrogen (secondary N) is 2. The lowest BCUT2D eigenvalue weighted by Gasteiger charge is -2.12. The SMILES string of the molecule is CCNc1ncc(C)c(Nc2c(Cl)cccc2Cl)n1. The van der Waals surface area contributed by atoms with Crippen molar-refractivity contribution in [3.63, 3.8) is 0 Å². The molecule has 6 heteroatoms. The molecule has 0 radical (unpaired) electrons. The van der Waals surface area contributed by atoms with Crippen molar-refractivity contribution in [2.75, 3.05) is 17.2 Å². The molecule has 2 N–H and O–H groups in total. The Hall–Kier alpha value is -1.52. The van der Waals surface area contributed by atoms with Crippen LogP contribution < -0.4 is 10.6 Å². The van der Waals surface area contributed by atoms with Crippen LogP contribution in [0.2, 0.25) is 10.0 Å². The highest BCUT2D eigenvalue weighted by atomic mass is 35.5. The first-order chi connectivity index (χ1) is 9.11. The summed E-state index contributed by atoms with van der Waals surface area (Å²) in [5.74, 6) is 1.25. The van der Waals surface area contributed by atoms with Crippen molar-refractivity contribution in [2.45, 2.75) is 13.8 Å². The smallest absolute Gasteiger partial charge is 0.224 e. The second-order valence-electron chi connectivity index (χ2n) is 3.98. The summed E-state index contributed by atoms with van der Waals surface area (Å²) in [6.45, 7) is 4.67. The van der Waals surface area contributed by atoms with Crippen molar-refractivity contribution < 1.29 is 0 Å². The monoisotopic (exact) mass is 296 g/mol. The largest absolute Gasteiger partial charge is 0.354 e. The van der Waals surface area contributed by atoms with Gasteiger partial charge in [-0.2, -0.15) is 4.98 Å². The van der Waals surface area contributed by atoms with Crippen LogP contribution in [0.4, 0.5) is 17.5 Å². The molecule has 0 aliphatic rings. The van der Waals surface area contributed by atoms with Crippen molar-refractivity contribution in [1.82, 2.24) is 9.97 Å². The van der Waals surface area contributed by atoms with Gasteiger partial charge >= 0.3 is 0 Å². The fourth-order valence-corrected chi connectivity index (χ4v) is 2.04. The fourth-order valence-electron chi connectivity index (χ4n) is 1.55. The number of para-hydroxylation sites is 1. The van der Waals surface area contributed by atoms with E-state index in [1.54, 1.807) is 24.4 Å². The minimum absolute atomic E-state index is 0.551. The molecule has 0 unspecified atom stereocenters. The minimum atomic E-state index is 0.551. The van der Waals surface area contributed by atoms with E-state index in [4.69, 9.17) is 23.2 Å². The molecule has 0 atom stereocenters. The molecule has 0 fully saturated rings. The lowest BCUT2D eigenvalue weighted by molar-refractivity contribution is 1.07. The zero-order chi connectivity index (χ0) is 13.8. The highest BCUT2D eigenvalue weighted by molar-refractivity contribution is 6.39. The van der Waals surface area contributed by atoms with Gasteiger partial charge in [-0.3, -0.25) is 0 Å². The lowest BCUT2D eigenvalue weighted by atomic mass is 10.3. The molecule has 0 amide bonds. The zero-order valence-electron chi connectivity index (χ0n) is 10.7.